The molecule has 6 nitrogen and oxygen atoms in total. The Morgan fingerprint density at radius 1 is 1.00 bits per heavy atom. The minimum absolute atomic E-state index is 0.341. The van der Waals surface area contributed by atoms with Crippen molar-refractivity contribution in [3.05, 3.63) is 54.6 Å². The topological polar surface area (TPSA) is 56.1 Å². The molecule has 0 atom stereocenters. The first-order valence-corrected chi connectivity index (χ1v) is 7.68. The van der Waals surface area contributed by atoms with Gasteiger partial charge in [0.15, 0.2) is 0 Å². The number of ether oxygens (including phenoxy) is 1. The molecule has 0 aliphatic rings. The van der Waals surface area contributed by atoms with E-state index in [0.29, 0.717) is 11.8 Å². The summed E-state index contributed by atoms with van der Waals surface area (Å²) in [6.45, 7) is 6.16. The number of benzene rings is 2. The van der Waals surface area contributed by atoms with Crippen LogP contribution in [0.5, 0.6) is 11.8 Å². The molecule has 0 bridgehead atoms. The summed E-state index contributed by atoms with van der Waals surface area (Å²) in [6.07, 6.45) is 0. The highest BCUT2D eigenvalue weighted by atomic mass is 16.5. The molecule has 1 heterocycles. The van der Waals surface area contributed by atoms with Crippen molar-refractivity contribution < 1.29 is 4.74 Å². The van der Waals surface area contributed by atoms with Crippen LogP contribution in [0, 0.1) is 0 Å². The predicted octanol–water partition coefficient (Wildman–Crippen LogP) is 3.30. The van der Waals surface area contributed by atoms with Gasteiger partial charge in [-0.2, -0.15) is 4.68 Å². The van der Waals surface area contributed by atoms with E-state index < -0.39 is 0 Å². The second-order valence-electron chi connectivity index (χ2n) is 4.98. The van der Waals surface area contributed by atoms with Crippen molar-refractivity contribution in [1.29, 1.82) is 0 Å². The Hall–Kier alpha value is -2.89. The first-order chi connectivity index (χ1) is 11.3. The summed E-state index contributed by atoms with van der Waals surface area (Å²) in [6, 6.07) is 17.9. The van der Waals surface area contributed by atoms with E-state index in [1.807, 2.05) is 48.5 Å². The summed E-state index contributed by atoms with van der Waals surface area (Å²) < 4.78 is 7.46. The molecule has 0 N–H and O–H groups in total. The third kappa shape index (κ3) is 3.31. The summed E-state index contributed by atoms with van der Waals surface area (Å²) in [5, 5.41) is 11.7. The summed E-state index contributed by atoms with van der Waals surface area (Å²) in [4.78, 5) is 2.26. The van der Waals surface area contributed by atoms with Crippen molar-refractivity contribution in [2.45, 2.75) is 13.8 Å². The molecule has 0 amide bonds. The maximum Gasteiger partial charge on any atom is 0.345 e. The number of rotatable bonds is 6. The average molecular weight is 309 g/mol. The first-order valence-electron chi connectivity index (χ1n) is 7.68. The lowest BCUT2D eigenvalue weighted by Crippen LogP contribution is -2.21. The van der Waals surface area contributed by atoms with Crippen LogP contribution < -0.4 is 9.64 Å². The van der Waals surface area contributed by atoms with E-state index in [0.717, 1.165) is 24.5 Å². The van der Waals surface area contributed by atoms with Gasteiger partial charge in [-0.3, -0.25) is 0 Å². The first kappa shape index (κ1) is 15.0. The molecule has 1 aromatic heterocycles. The number of hydrogen-bond donors (Lipinski definition) is 0. The van der Waals surface area contributed by atoms with E-state index in [1.54, 1.807) is 4.68 Å². The molecule has 0 saturated heterocycles. The van der Waals surface area contributed by atoms with Gasteiger partial charge in [-0.15, -0.1) is 0 Å². The molecular formula is C17H19N5O. The highest BCUT2D eigenvalue weighted by Gasteiger charge is 2.11. The minimum Gasteiger partial charge on any atom is -0.423 e. The van der Waals surface area contributed by atoms with Crippen LogP contribution in [0.4, 0.5) is 5.69 Å². The van der Waals surface area contributed by atoms with Crippen molar-refractivity contribution >= 4 is 5.69 Å². The van der Waals surface area contributed by atoms with Gasteiger partial charge in [0, 0.05) is 24.8 Å². The fourth-order valence-electron chi connectivity index (χ4n) is 2.41. The molecule has 0 radical (unpaired) electrons. The Balaban J connectivity index is 1.86. The van der Waals surface area contributed by atoms with Crippen LogP contribution in [-0.4, -0.2) is 33.3 Å². The van der Waals surface area contributed by atoms with E-state index in [2.05, 4.69) is 40.3 Å². The maximum atomic E-state index is 5.88. The number of nitrogens with zero attached hydrogens (tertiary/aromatic N) is 5. The molecular weight excluding hydrogens is 290 g/mol. The quantitative estimate of drug-likeness (QED) is 0.699. The van der Waals surface area contributed by atoms with Crippen LogP contribution in [0.3, 0.4) is 0 Å². The molecule has 3 aromatic rings. The molecule has 3 rings (SSSR count). The standard InChI is InChI=1S/C17H19N5O/c1-3-21(4-2)15-11-8-12-16(13-15)23-17-18-19-20-22(17)14-9-6-5-7-10-14/h5-13H,3-4H2,1-2H3. The molecule has 0 aliphatic heterocycles. The van der Waals surface area contributed by atoms with Gasteiger partial charge in [-0.1, -0.05) is 29.4 Å². The molecule has 0 spiro atoms. The van der Waals surface area contributed by atoms with E-state index in [-0.39, 0.29) is 0 Å². The van der Waals surface area contributed by atoms with Crippen LogP contribution in [0.15, 0.2) is 54.6 Å². The lowest BCUT2D eigenvalue weighted by Gasteiger charge is -2.21. The highest BCUT2D eigenvalue weighted by Crippen LogP contribution is 2.25. The third-order valence-electron chi connectivity index (χ3n) is 3.60. The smallest absolute Gasteiger partial charge is 0.345 e. The van der Waals surface area contributed by atoms with E-state index >= 15 is 0 Å². The van der Waals surface area contributed by atoms with Crippen LogP contribution in [-0.2, 0) is 0 Å². The summed E-state index contributed by atoms with van der Waals surface area (Å²) in [5.74, 6) is 0.710. The Morgan fingerprint density at radius 2 is 1.78 bits per heavy atom. The van der Waals surface area contributed by atoms with Crippen molar-refractivity contribution in [2.75, 3.05) is 18.0 Å². The Bertz CT molecular complexity index is 752. The Labute approximate surface area is 135 Å². The molecule has 2 aromatic carbocycles. The van der Waals surface area contributed by atoms with Gasteiger partial charge in [0.25, 0.3) is 0 Å². The van der Waals surface area contributed by atoms with Gasteiger partial charge >= 0.3 is 6.01 Å². The minimum atomic E-state index is 0.341. The molecule has 23 heavy (non-hydrogen) atoms. The average Bonchev–Trinajstić information content (AvgIpc) is 3.05. The fourth-order valence-corrected chi connectivity index (χ4v) is 2.41. The SMILES string of the molecule is CCN(CC)c1cccc(Oc2nnnn2-c2ccccc2)c1. The van der Waals surface area contributed by atoms with Gasteiger partial charge in [0.1, 0.15) is 5.75 Å². The Kier molecular flexibility index (Phi) is 4.52. The third-order valence-corrected chi connectivity index (χ3v) is 3.60. The second kappa shape index (κ2) is 6.91. The molecule has 0 saturated carbocycles. The Morgan fingerprint density at radius 3 is 2.52 bits per heavy atom. The summed E-state index contributed by atoms with van der Waals surface area (Å²) in [5.41, 5.74) is 1.97. The largest absolute Gasteiger partial charge is 0.423 e. The molecule has 6 heteroatoms. The van der Waals surface area contributed by atoms with Gasteiger partial charge in [0.2, 0.25) is 0 Å². The number of anilines is 1. The molecule has 0 unspecified atom stereocenters. The lowest BCUT2D eigenvalue weighted by atomic mass is 10.2. The fraction of sp³-hybridized carbons (Fsp3) is 0.235. The van der Waals surface area contributed by atoms with E-state index in [1.165, 1.54) is 0 Å². The van der Waals surface area contributed by atoms with Crippen LogP contribution in [0.25, 0.3) is 5.69 Å². The van der Waals surface area contributed by atoms with E-state index in [9.17, 15) is 0 Å². The van der Waals surface area contributed by atoms with Gasteiger partial charge < -0.3 is 9.64 Å². The number of aromatic nitrogens is 4. The van der Waals surface area contributed by atoms with Crippen LogP contribution >= 0.6 is 0 Å². The van der Waals surface area contributed by atoms with Crippen molar-refractivity contribution in [1.82, 2.24) is 20.2 Å². The van der Waals surface area contributed by atoms with Crippen molar-refractivity contribution in [3.8, 4) is 17.4 Å². The molecule has 0 aliphatic carbocycles. The van der Waals surface area contributed by atoms with Gasteiger partial charge in [-0.05, 0) is 48.5 Å². The normalized spacial score (nSPS) is 10.5. The van der Waals surface area contributed by atoms with Crippen molar-refractivity contribution in [2.24, 2.45) is 0 Å². The zero-order chi connectivity index (χ0) is 16.1. The number of tetrazole rings is 1. The van der Waals surface area contributed by atoms with Gasteiger partial charge in [-0.25, -0.2) is 0 Å². The van der Waals surface area contributed by atoms with Gasteiger partial charge in [0.05, 0.1) is 5.69 Å². The van der Waals surface area contributed by atoms with Crippen molar-refractivity contribution in [3.63, 3.8) is 0 Å². The zero-order valence-electron chi connectivity index (χ0n) is 13.3. The van der Waals surface area contributed by atoms with Crippen LogP contribution in [0.2, 0.25) is 0 Å². The zero-order valence-corrected chi connectivity index (χ0v) is 13.3. The summed E-state index contributed by atoms with van der Waals surface area (Å²) in [7, 11) is 0. The second-order valence-corrected chi connectivity index (χ2v) is 4.98. The van der Waals surface area contributed by atoms with Crippen LogP contribution in [0.1, 0.15) is 13.8 Å². The maximum absolute atomic E-state index is 5.88. The lowest BCUT2D eigenvalue weighted by molar-refractivity contribution is 0.427. The molecule has 118 valence electrons. The monoisotopic (exact) mass is 309 g/mol. The highest BCUT2D eigenvalue weighted by molar-refractivity contribution is 5.51. The number of para-hydroxylation sites is 1. The predicted molar refractivity (Wildman–Crippen MR) is 89.2 cm³/mol. The molecule has 0 fully saturated rings. The van der Waals surface area contributed by atoms with E-state index in [4.69, 9.17) is 4.74 Å². The number of hydrogen-bond acceptors (Lipinski definition) is 5. The summed E-state index contributed by atoms with van der Waals surface area (Å²) >= 11 is 0.